The fraction of sp³-hybridized carbons (Fsp3) is 0.222. The molecule has 2 aromatic rings. The van der Waals surface area contributed by atoms with Crippen molar-refractivity contribution in [3.63, 3.8) is 0 Å². The number of hydrogen-bond donors (Lipinski definition) is 0. The maximum atomic E-state index is 12.8. The standard InChI is InChI=1S/C9H9FNS.HI/c1-6-11(2)8-4-3-7(10)5-9(8)12-6;/h3-5H,1-2H3;1H/q+1;/p-1. The van der Waals surface area contributed by atoms with Crippen molar-refractivity contribution in [3.8, 4) is 0 Å². The number of fused-ring (bicyclic) bond motifs is 1. The van der Waals surface area contributed by atoms with E-state index in [4.69, 9.17) is 0 Å². The van der Waals surface area contributed by atoms with Gasteiger partial charge in [-0.05, 0) is 12.1 Å². The first kappa shape index (κ1) is 10.8. The molecule has 0 radical (unpaired) electrons. The lowest BCUT2D eigenvalue weighted by Gasteiger charge is -1.85. The van der Waals surface area contributed by atoms with E-state index in [-0.39, 0.29) is 29.8 Å². The minimum Gasteiger partial charge on any atom is -1.00 e. The van der Waals surface area contributed by atoms with Crippen molar-refractivity contribution in [1.29, 1.82) is 0 Å². The van der Waals surface area contributed by atoms with Crippen LogP contribution in [0, 0.1) is 12.7 Å². The molecule has 0 aliphatic heterocycles. The van der Waals surface area contributed by atoms with Crippen molar-refractivity contribution in [2.24, 2.45) is 7.05 Å². The van der Waals surface area contributed by atoms with Crippen LogP contribution in [-0.2, 0) is 7.05 Å². The lowest BCUT2D eigenvalue weighted by Crippen LogP contribution is -3.00. The summed E-state index contributed by atoms with van der Waals surface area (Å²) < 4.78 is 15.9. The van der Waals surface area contributed by atoms with Gasteiger partial charge in [0.1, 0.15) is 17.6 Å². The Morgan fingerprint density at radius 1 is 1.38 bits per heavy atom. The van der Waals surface area contributed by atoms with Gasteiger partial charge in [0.25, 0.3) is 0 Å². The van der Waals surface area contributed by atoms with E-state index in [9.17, 15) is 4.39 Å². The molecule has 2 rings (SSSR count). The molecule has 0 unspecified atom stereocenters. The Bertz CT molecular complexity index is 438. The normalized spacial score (nSPS) is 10.1. The van der Waals surface area contributed by atoms with Crippen molar-refractivity contribution in [2.75, 3.05) is 0 Å². The summed E-state index contributed by atoms with van der Waals surface area (Å²) in [5.41, 5.74) is 1.10. The smallest absolute Gasteiger partial charge is 0.234 e. The summed E-state index contributed by atoms with van der Waals surface area (Å²) in [6.07, 6.45) is 0. The first-order chi connectivity index (χ1) is 5.68. The average Bonchev–Trinajstić information content (AvgIpc) is 2.28. The Morgan fingerprint density at radius 2 is 2.08 bits per heavy atom. The lowest BCUT2D eigenvalue weighted by molar-refractivity contribution is -0.646. The summed E-state index contributed by atoms with van der Waals surface area (Å²) in [5.74, 6) is -0.163. The van der Waals surface area contributed by atoms with Crippen molar-refractivity contribution in [2.45, 2.75) is 6.92 Å². The molecule has 70 valence electrons. The summed E-state index contributed by atoms with van der Waals surface area (Å²) in [7, 11) is 1.99. The quantitative estimate of drug-likeness (QED) is 0.442. The second kappa shape index (κ2) is 3.88. The zero-order chi connectivity index (χ0) is 8.72. The molecule has 0 aliphatic rings. The Morgan fingerprint density at radius 3 is 2.77 bits per heavy atom. The van der Waals surface area contributed by atoms with Gasteiger partial charge in [-0.25, -0.2) is 4.39 Å². The van der Waals surface area contributed by atoms with Crippen LogP contribution in [0.15, 0.2) is 18.2 Å². The van der Waals surface area contributed by atoms with Crippen LogP contribution < -0.4 is 28.5 Å². The average molecular weight is 309 g/mol. The highest BCUT2D eigenvalue weighted by molar-refractivity contribution is 7.18. The van der Waals surface area contributed by atoms with Crippen LogP contribution in [0.2, 0.25) is 0 Å². The van der Waals surface area contributed by atoms with Crippen molar-refractivity contribution < 1.29 is 32.9 Å². The van der Waals surface area contributed by atoms with Gasteiger partial charge in [-0.3, -0.25) is 0 Å². The summed E-state index contributed by atoms with van der Waals surface area (Å²) in [4.78, 5) is 0. The van der Waals surface area contributed by atoms with Crippen molar-refractivity contribution >= 4 is 21.6 Å². The van der Waals surface area contributed by atoms with Gasteiger partial charge in [0.15, 0.2) is 0 Å². The number of hydrogen-bond acceptors (Lipinski definition) is 1. The maximum absolute atomic E-state index is 12.8. The molecule has 1 heterocycles. The van der Waals surface area contributed by atoms with Crippen LogP contribution in [0.1, 0.15) is 5.01 Å². The van der Waals surface area contributed by atoms with E-state index in [1.54, 1.807) is 17.4 Å². The third-order valence-corrected chi connectivity index (χ3v) is 3.13. The van der Waals surface area contributed by atoms with Crippen molar-refractivity contribution in [1.82, 2.24) is 0 Å². The van der Waals surface area contributed by atoms with E-state index in [1.807, 2.05) is 20.0 Å². The molecule has 0 atom stereocenters. The first-order valence-corrected chi connectivity index (χ1v) is 4.55. The first-order valence-electron chi connectivity index (χ1n) is 3.73. The Hall–Kier alpha value is -0.230. The highest BCUT2D eigenvalue weighted by Gasteiger charge is 2.12. The van der Waals surface area contributed by atoms with Gasteiger partial charge in [-0.2, -0.15) is 4.57 Å². The van der Waals surface area contributed by atoms with Crippen LogP contribution >= 0.6 is 11.3 Å². The van der Waals surface area contributed by atoms with Crippen LogP contribution in [0.5, 0.6) is 0 Å². The highest BCUT2D eigenvalue weighted by Crippen LogP contribution is 2.19. The Balaban J connectivity index is 0.000000845. The van der Waals surface area contributed by atoms with E-state index < -0.39 is 0 Å². The second-order valence-corrected chi connectivity index (χ2v) is 4.03. The fourth-order valence-electron chi connectivity index (χ4n) is 1.24. The summed E-state index contributed by atoms with van der Waals surface area (Å²) in [6, 6.07) is 4.88. The molecule has 0 amide bonds. The van der Waals surface area contributed by atoms with Crippen LogP contribution in [0.4, 0.5) is 4.39 Å². The minimum absolute atomic E-state index is 0. The number of aromatic nitrogens is 1. The number of benzene rings is 1. The third-order valence-electron chi connectivity index (χ3n) is 2.01. The summed E-state index contributed by atoms with van der Waals surface area (Å²) in [5, 5.41) is 1.19. The van der Waals surface area contributed by atoms with Gasteiger partial charge in [0.05, 0.1) is 0 Å². The van der Waals surface area contributed by atoms with Crippen molar-refractivity contribution in [3.05, 3.63) is 29.0 Å². The van der Waals surface area contributed by atoms with Crippen LogP contribution in [0.25, 0.3) is 10.2 Å². The zero-order valence-corrected chi connectivity index (χ0v) is 10.3. The SMILES string of the molecule is Cc1sc2cc(F)ccc2[n+]1C.[I-]. The molecule has 0 N–H and O–H groups in total. The second-order valence-electron chi connectivity index (χ2n) is 2.79. The minimum atomic E-state index is -0.163. The molecule has 0 bridgehead atoms. The summed E-state index contributed by atoms with van der Waals surface area (Å²) in [6.45, 7) is 2.03. The van der Waals surface area contributed by atoms with Crippen LogP contribution in [0.3, 0.4) is 0 Å². The lowest BCUT2D eigenvalue weighted by atomic mass is 10.3. The predicted molar refractivity (Wildman–Crippen MR) is 47.7 cm³/mol. The Labute approximate surface area is 97.2 Å². The number of thiazole rings is 1. The molecule has 0 aliphatic carbocycles. The van der Waals surface area contributed by atoms with Gasteiger partial charge in [-0.15, -0.1) is 0 Å². The zero-order valence-electron chi connectivity index (χ0n) is 7.34. The van der Waals surface area contributed by atoms with Gasteiger partial charge in [0.2, 0.25) is 10.5 Å². The molecule has 0 spiro atoms. The number of nitrogens with zero attached hydrogens (tertiary/aromatic N) is 1. The van der Waals surface area contributed by atoms with Crippen LogP contribution in [-0.4, -0.2) is 0 Å². The molecule has 1 aromatic carbocycles. The monoisotopic (exact) mass is 309 g/mol. The molecule has 4 heteroatoms. The number of halogens is 2. The molecule has 0 saturated carbocycles. The molecule has 1 aromatic heterocycles. The molecule has 1 nitrogen and oxygen atoms in total. The molecular formula is C9H9FINS. The fourth-order valence-corrected chi connectivity index (χ4v) is 2.28. The van der Waals surface area contributed by atoms with E-state index >= 15 is 0 Å². The van der Waals surface area contributed by atoms with E-state index in [0.29, 0.717) is 0 Å². The Kier molecular flexibility index (Phi) is 3.23. The maximum Gasteiger partial charge on any atom is 0.234 e. The summed E-state index contributed by atoms with van der Waals surface area (Å²) >= 11 is 1.62. The molecule has 13 heavy (non-hydrogen) atoms. The third kappa shape index (κ3) is 1.83. The topological polar surface area (TPSA) is 3.88 Å². The predicted octanol–water partition coefficient (Wildman–Crippen LogP) is -0.823. The number of aryl methyl sites for hydroxylation is 2. The largest absolute Gasteiger partial charge is 1.00 e. The van der Waals surface area contributed by atoms with E-state index in [1.165, 1.54) is 11.1 Å². The van der Waals surface area contributed by atoms with E-state index in [0.717, 1.165) is 10.2 Å². The molecular weight excluding hydrogens is 300 g/mol. The number of rotatable bonds is 0. The van der Waals surface area contributed by atoms with Gasteiger partial charge >= 0.3 is 0 Å². The molecule has 0 saturated heterocycles. The highest BCUT2D eigenvalue weighted by atomic mass is 127. The van der Waals surface area contributed by atoms with Gasteiger partial charge < -0.3 is 24.0 Å². The van der Waals surface area contributed by atoms with Gasteiger partial charge in [0, 0.05) is 13.0 Å². The van der Waals surface area contributed by atoms with E-state index in [2.05, 4.69) is 4.57 Å². The molecule has 0 fully saturated rings. The van der Waals surface area contributed by atoms with Gasteiger partial charge in [-0.1, -0.05) is 11.3 Å².